The number of hydrogen-bond acceptors (Lipinski definition) is 5. The quantitative estimate of drug-likeness (QED) is 0.830. The van der Waals surface area contributed by atoms with Crippen molar-refractivity contribution < 1.29 is 4.79 Å². The Balaban J connectivity index is 1.84. The van der Waals surface area contributed by atoms with Gasteiger partial charge in [0.15, 0.2) is 0 Å². The fraction of sp³-hybridized carbons (Fsp3) is 0.643. The molecule has 3 rings (SSSR count). The molecule has 6 heteroatoms. The van der Waals surface area contributed by atoms with E-state index in [0.717, 1.165) is 31.6 Å². The summed E-state index contributed by atoms with van der Waals surface area (Å²) in [5, 5.41) is 0. The summed E-state index contributed by atoms with van der Waals surface area (Å²) in [7, 11) is 0. The molecule has 0 bridgehead atoms. The maximum atomic E-state index is 12.4. The van der Waals surface area contributed by atoms with Crippen LogP contribution in [0.4, 0.5) is 0 Å². The van der Waals surface area contributed by atoms with Gasteiger partial charge in [0, 0.05) is 37.3 Å². The van der Waals surface area contributed by atoms with Gasteiger partial charge in [-0.15, -0.1) is 0 Å². The zero-order chi connectivity index (χ0) is 14.1. The predicted molar refractivity (Wildman–Crippen MR) is 75.1 cm³/mol. The molecule has 108 valence electrons. The lowest BCUT2D eigenvalue weighted by atomic mass is 9.93. The molecule has 20 heavy (non-hydrogen) atoms. The average Bonchev–Trinajstić information content (AvgIpc) is 3.09. The number of amides is 1. The van der Waals surface area contributed by atoms with Crippen molar-refractivity contribution in [1.29, 1.82) is 0 Å². The van der Waals surface area contributed by atoms with Gasteiger partial charge in [-0.3, -0.25) is 20.6 Å². The number of hydrazine groups is 1. The molecule has 1 amide bonds. The van der Waals surface area contributed by atoms with Crippen molar-refractivity contribution in [3.63, 3.8) is 0 Å². The molecule has 0 radical (unpaired) electrons. The molecule has 0 spiro atoms. The lowest BCUT2D eigenvalue weighted by Gasteiger charge is -2.19. The van der Waals surface area contributed by atoms with Crippen LogP contribution in [0.1, 0.15) is 48.8 Å². The van der Waals surface area contributed by atoms with E-state index in [1.807, 2.05) is 4.90 Å². The van der Waals surface area contributed by atoms with E-state index in [2.05, 4.69) is 34.7 Å². The van der Waals surface area contributed by atoms with Crippen molar-refractivity contribution in [2.45, 2.75) is 44.7 Å². The van der Waals surface area contributed by atoms with Crippen molar-refractivity contribution in [2.75, 3.05) is 13.1 Å². The number of rotatable bonds is 2. The Morgan fingerprint density at radius 1 is 1.20 bits per heavy atom. The summed E-state index contributed by atoms with van der Waals surface area (Å²) in [6.07, 6.45) is 5.52. The van der Waals surface area contributed by atoms with Crippen LogP contribution in [0, 0.1) is 0 Å². The van der Waals surface area contributed by atoms with Gasteiger partial charge in [0.1, 0.15) is 5.69 Å². The van der Waals surface area contributed by atoms with Gasteiger partial charge >= 0.3 is 0 Å². The van der Waals surface area contributed by atoms with Gasteiger partial charge in [0.05, 0.1) is 11.9 Å². The number of nitrogens with one attached hydrogen (secondary N) is 2. The summed E-state index contributed by atoms with van der Waals surface area (Å²) in [5.41, 5.74) is 7.77. The second kappa shape index (κ2) is 5.46. The number of hydrogen-bond donors (Lipinski definition) is 2. The second-order valence-corrected chi connectivity index (χ2v) is 5.72. The Morgan fingerprint density at radius 3 is 2.50 bits per heavy atom. The number of carbonyl (C=O) groups excluding carboxylic acids is 1. The van der Waals surface area contributed by atoms with E-state index in [1.165, 1.54) is 0 Å². The van der Waals surface area contributed by atoms with Gasteiger partial charge in [0.2, 0.25) is 0 Å². The highest BCUT2D eigenvalue weighted by Gasteiger charge is 2.33. The van der Waals surface area contributed by atoms with E-state index in [9.17, 15) is 4.79 Å². The Bertz CT molecular complexity index is 490. The van der Waals surface area contributed by atoms with Crippen molar-refractivity contribution >= 4 is 5.91 Å². The first-order chi connectivity index (χ1) is 9.66. The highest BCUT2D eigenvalue weighted by Crippen LogP contribution is 2.25. The standard InChI is InChI=1S/C14H21N5O/c1-9-13(10(2)18-17-9)11-7-15-8-12(16-11)14(20)19-5-3-4-6-19/h7-10,13,17-18H,3-6H2,1-2H3. The molecule has 2 aliphatic heterocycles. The highest BCUT2D eigenvalue weighted by atomic mass is 16.2. The number of likely N-dealkylation sites (tertiary alicyclic amines) is 1. The first-order valence-corrected chi connectivity index (χ1v) is 7.29. The van der Waals surface area contributed by atoms with E-state index < -0.39 is 0 Å². The topological polar surface area (TPSA) is 70.2 Å². The monoisotopic (exact) mass is 275 g/mol. The Morgan fingerprint density at radius 2 is 1.85 bits per heavy atom. The molecule has 2 aliphatic rings. The van der Waals surface area contributed by atoms with Crippen LogP contribution in [0.15, 0.2) is 12.4 Å². The Labute approximate surface area is 118 Å². The molecular formula is C14H21N5O. The summed E-state index contributed by atoms with van der Waals surface area (Å²) in [5.74, 6) is 0.241. The minimum Gasteiger partial charge on any atom is -0.337 e. The SMILES string of the molecule is CC1NNC(C)C1c1cncc(C(=O)N2CCCC2)n1. The van der Waals surface area contributed by atoms with Crippen LogP contribution < -0.4 is 10.9 Å². The summed E-state index contributed by atoms with van der Waals surface area (Å²) in [6.45, 7) is 5.89. The lowest BCUT2D eigenvalue weighted by Crippen LogP contribution is -2.30. The second-order valence-electron chi connectivity index (χ2n) is 5.72. The Hall–Kier alpha value is -1.53. The molecule has 2 N–H and O–H groups in total. The van der Waals surface area contributed by atoms with Crippen LogP contribution in [-0.4, -0.2) is 45.9 Å². The third-order valence-electron chi connectivity index (χ3n) is 4.22. The minimum absolute atomic E-state index is 0.0103. The molecule has 2 fully saturated rings. The van der Waals surface area contributed by atoms with Gasteiger partial charge in [-0.25, -0.2) is 4.98 Å². The molecule has 0 aromatic carbocycles. The van der Waals surface area contributed by atoms with Gasteiger partial charge in [0.25, 0.3) is 5.91 Å². The van der Waals surface area contributed by atoms with E-state index in [1.54, 1.807) is 12.4 Å². The maximum Gasteiger partial charge on any atom is 0.274 e. The van der Waals surface area contributed by atoms with E-state index in [0.29, 0.717) is 5.69 Å². The summed E-state index contributed by atoms with van der Waals surface area (Å²) in [4.78, 5) is 23.0. The molecular weight excluding hydrogens is 254 g/mol. The van der Waals surface area contributed by atoms with Gasteiger partial charge in [-0.05, 0) is 26.7 Å². The van der Waals surface area contributed by atoms with Crippen molar-refractivity contribution in [1.82, 2.24) is 25.7 Å². The van der Waals surface area contributed by atoms with E-state index in [-0.39, 0.29) is 23.9 Å². The highest BCUT2D eigenvalue weighted by molar-refractivity contribution is 5.92. The van der Waals surface area contributed by atoms with Crippen molar-refractivity contribution in [2.24, 2.45) is 0 Å². The number of aromatic nitrogens is 2. The fourth-order valence-electron chi connectivity index (χ4n) is 3.11. The lowest BCUT2D eigenvalue weighted by molar-refractivity contribution is 0.0786. The molecule has 0 saturated carbocycles. The van der Waals surface area contributed by atoms with Crippen LogP contribution >= 0.6 is 0 Å². The normalized spacial score (nSPS) is 29.9. The molecule has 0 aliphatic carbocycles. The summed E-state index contributed by atoms with van der Waals surface area (Å²) in [6, 6.07) is 0.549. The Kier molecular flexibility index (Phi) is 3.67. The molecule has 1 aromatic heterocycles. The summed E-state index contributed by atoms with van der Waals surface area (Å²) < 4.78 is 0. The van der Waals surface area contributed by atoms with Crippen molar-refractivity contribution in [3.05, 3.63) is 23.8 Å². The molecule has 3 heterocycles. The fourth-order valence-corrected chi connectivity index (χ4v) is 3.11. The zero-order valence-corrected chi connectivity index (χ0v) is 12.0. The number of carbonyl (C=O) groups is 1. The zero-order valence-electron chi connectivity index (χ0n) is 12.0. The smallest absolute Gasteiger partial charge is 0.274 e. The average molecular weight is 275 g/mol. The van der Waals surface area contributed by atoms with E-state index >= 15 is 0 Å². The van der Waals surface area contributed by atoms with Gasteiger partial charge in [-0.2, -0.15) is 0 Å². The third-order valence-corrected chi connectivity index (χ3v) is 4.22. The predicted octanol–water partition coefficient (Wildman–Crippen LogP) is 0.681. The van der Waals surface area contributed by atoms with E-state index in [4.69, 9.17) is 0 Å². The summed E-state index contributed by atoms with van der Waals surface area (Å²) >= 11 is 0. The first kappa shape index (κ1) is 13.5. The van der Waals surface area contributed by atoms with Crippen LogP contribution in [0.2, 0.25) is 0 Å². The third kappa shape index (κ3) is 2.41. The molecule has 2 unspecified atom stereocenters. The molecule has 6 nitrogen and oxygen atoms in total. The van der Waals surface area contributed by atoms with Gasteiger partial charge < -0.3 is 4.90 Å². The molecule has 2 saturated heterocycles. The van der Waals surface area contributed by atoms with Crippen LogP contribution in [0.3, 0.4) is 0 Å². The minimum atomic E-state index is 0.0103. The number of nitrogens with zero attached hydrogens (tertiary/aromatic N) is 3. The van der Waals surface area contributed by atoms with Gasteiger partial charge in [-0.1, -0.05) is 0 Å². The van der Waals surface area contributed by atoms with Crippen LogP contribution in [-0.2, 0) is 0 Å². The molecule has 2 atom stereocenters. The van der Waals surface area contributed by atoms with Crippen LogP contribution in [0.25, 0.3) is 0 Å². The first-order valence-electron chi connectivity index (χ1n) is 7.29. The van der Waals surface area contributed by atoms with Crippen LogP contribution in [0.5, 0.6) is 0 Å². The molecule has 1 aromatic rings. The largest absolute Gasteiger partial charge is 0.337 e. The maximum absolute atomic E-state index is 12.4. The van der Waals surface area contributed by atoms with Crippen molar-refractivity contribution in [3.8, 4) is 0 Å².